The van der Waals surface area contributed by atoms with Crippen molar-refractivity contribution in [2.45, 2.75) is 37.5 Å². The first-order chi connectivity index (χ1) is 17.1. The SMILES string of the molecule is Fc1cc(F)cc(-c2cnc(N3CCC(CCN4CCC5(C=Cc6ccccc65)CC4)CC3)o2)c1. The van der Waals surface area contributed by atoms with E-state index in [0.717, 1.165) is 45.1 Å². The van der Waals surface area contributed by atoms with Crippen molar-refractivity contribution in [3.8, 4) is 11.3 Å². The number of halogens is 2. The van der Waals surface area contributed by atoms with Crippen molar-refractivity contribution in [3.05, 3.63) is 77.5 Å². The Kier molecular flexibility index (Phi) is 5.93. The van der Waals surface area contributed by atoms with E-state index in [9.17, 15) is 8.78 Å². The van der Waals surface area contributed by atoms with Gasteiger partial charge in [-0.25, -0.2) is 13.8 Å². The van der Waals surface area contributed by atoms with Crippen LogP contribution < -0.4 is 4.90 Å². The van der Waals surface area contributed by atoms with E-state index in [4.69, 9.17) is 4.42 Å². The number of fused-ring (bicyclic) bond motifs is 2. The summed E-state index contributed by atoms with van der Waals surface area (Å²) in [6.07, 6.45) is 12.2. The van der Waals surface area contributed by atoms with Crippen LogP contribution in [0, 0.1) is 17.6 Å². The van der Waals surface area contributed by atoms with Crippen molar-refractivity contribution in [1.29, 1.82) is 0 Å². The highest BCUT2D eigenvalue weighted by Crippen LogP contribution is 2.43. The molecule has 0 radical (unpaired) electrons. The maximum absolute atomic E-state index is 13.5. The van der Waals surface area contributed by atoms with Crippen LogP contribution in [0.5, 0.6) is 0 Å². The summed E-state index contributed by atoms with van der Waals surface area (Å²) in [7, 11) is 0. The minimum atomic E-state index is -0.618. The number of piperidine rings is 2. The summed E-state index contributed by atoms with van der Waals surface area (Å²) in [6.45, 7) is 5.29. The molecular formula is C29H31F2N3O. The second-order valence-corrected chi connectivity index (χ2v) is 10.3. The molecule has 0 unspecified atom stereocenters. The normalized spacial score (nSPS) is 20.0. The van der Waals surface area contributed by atoms with Crippen molar-refractivity contribution in [1.82, 2.24) is 9.88 Å². The van der Waals surface area contributed by atoms with Crippen LogP contribution in [-0.2, 0) is 5.41 Å². The molecule has 0 amide bonds. The molecule has 3 aliphatic rings. The van der Waals surface area contributed by atoms with Crippen LogP contribution in [0.1, 0.15) is 43.2 Å². The molecule has 3 aromatic rings. The highest BCUT2D eigenvalue weighted by Gasteiger charge is 2.37. The Labute approximate surface area is 205 Å². The smallest absolute Gasteiger partial charge is 0.297 e. The summed E-state index contributed by atoms with van der Waals surface area (Å²) in [6, 6.07) is 12.8. The van der Waals surface area contributed by atoms with Gasteiger partial charge in [0.1, 0.15) is 11.6 Å². The quantitative estimate of drug-likeness (QED) is 0.434. The maximum atomic E-state index is 13.5. The number of allylic oxidation sites excluding steroid dienone is 1. The van der Waals surface area contributed by atoms with Crippen LogP contribution in [0.3, 0.4) is 0 Å². The molecule has 3 heterocycles. The van der Waals surface area contributed by atoms with Gasteiger partial charge in [0.25, 0.3) is 6.01 Å². The Hall–Kier alpha value is -2.99. The Morgan fingerprint density at radius 1 is 0.971 bits per heavy atom. The van der Waals surface area contributed by atoms with Gasteiger partial charge in [0.05, 0.1) is 6.20 Å². The van der Waals surface area contributed by atoms with Gasteiger partial charge in [0, 0.05) is 30.1 Å². The minimum Gasteiger partial charge on any atom is -0.423 e. The zero-order valence-corrected chi connectivity index (χ0v) is 19.9. The van der Waals surface area contributed by atoms with Crippen molar-refractivity contribution in [2.75, 3.05) is 37.6 Å². The molecule has 2 saturated heterocycles. The summed E-state index contributed by atoms with van der Waals surface area (Å²) in [5.41, 5.74) is 3.54. The summed E-state index contributed by atoms with van der Waals surface area (Å²) < 4.78 is 32.9. The fourth-order valence-corrected chi connectivity index (χ4v) is 6.07. The topological polar surface area (TPSA) is 32.5 Å². The van der Waals surface area contributed by atoms with Gasteiger partial charge in [0.2, 0.25) is 0 Å². The second kappa shape index (κ2) is 9.23. The lowest BCUT2D eigenvalue weighted by Crippen LogP contribution is -2.42. The van der Waals surface area contributed by atoms with Crippen molar-refractivity contribution < 1.29 is 13.2 Å². The summed E-state index contributed by atoms with van der Waals surface area (Å²) in [5.74, 6) is -0.136. The third-order valence-electron chi connectivity index (χ3n) is 8.21. The molecule has 1 aliphatic carbocycles. The molecule has 182 valence electrons. The third kappa shape index (κ3) is 4.52. The average molecular weight is 476 g/mol. The van der Waals surface area contributed by atoms with Crippen LogP contribution >= 0.6 is 0 Å². The van der Waals surface area contributed by atoms with Crippen LogP contribution in [-0.4, -0.2) is 42.6 Å². The number of oxazole rings is 1. The van der Waals surface area contributed by atoms with Gasteiger partial charge in [0.15, 0.2) is 5.76 Å². The first-order valence-electron chi connectivity index (χ1n) is 12.8. The zero-order chi connectivity index (χ0) is 23.8. The molecule has 2 aliphatic heterocycles. The number of likely N-dealkylation sites (tertiary alicyclic amines) is 1. The predicted octanol–water partition coefficient (Wildman–Crippen LogP) is 6.29. The molecule has 0 atom stereocenters. The van der Waals surface area contributed by atoms with Crippen molar-refractivity contribution in [2.24, 2.45) is 5.92 Å². The summed E-state index contributed by atoms with van der Waals surface area (Å²) in [4.78, 5) is 9.16. The maximum Gasteiger partial charge on any atom is 0.297 e. The van der Waals surface area contributed by atoms with Crippen LogP contribution in [0.2, 0.25) is 0 Å². The van der Waals surface area contributed by atoms with E-state index >= 15 is 0 Å². The Balaban J connectivity index is 0.979. The summed E-state index contributed by atoms with van der Waals surface area (Å²) in [5, 5.41) is 0. The molecule has 2 fully saturated rings. The van der Waals surface area contributed by atoms with E-state index in [0.29, 0.717) is 23.3 Å². The van der Waals surface area contributed by atoms with Gasteiger partial charge >= 0.3 is 0 Å². The number of anilines is 1. The van der Waals surface area contributed by atoms with E-state index in [1.165, 1.54) is 49.1 Å². The van der Waals surface area contributed by atoms with E-state index in [2.05, 4.69) is 51.2 Å². The first-order valence-corrected chi connectivity index (χ1v) is 12.8. The second-order valence-electron chi connectivity index (χ2n) is 10.3. The molecule has 6 rings (SSSR count). The number of benzene rings is 2. The minimum absolute atomic E-state index is 0.255. The largest absolute Gasteiger partial charge is 0.423 e. The highest BCUT2D eigenvalue weighted by atomic mass is 19.1. The third-order valence-corrected chi connectivity index (χ3v) is 8.21. The Bertz CT molecular complexity index is 1200. The van der Waals surface area contributed by atoms with Gasteiger partial charge < -0.3 is 14.2 Å². The zero-order valence-electron chi connectivity index (χ0n) is 19.9. The van der Waals surface area contributed by atoms with E-state index in [-0.39, 0.29) is 5.41 Å². The fraction of sp³-hybridized carbons (Fsp3) is 0.414. The molecule has 0 bridgehead atoms. The molecule has 35 heavy (non-hydrogen) atoms. The number of nitrogens with zero attached hydrogens (tertiary/aromatic N) is 3. The molecule has 0 N–H and O–H groups in total. The average Bonchev–Trinajstić information content (AvgIpc) is 3.50. The lowest BCUT2D eigenvalue weighted by atomic mass is 9.74. The first kappa shape index (κ1) is 22.5. The van der Waals surface area contributed by atoms with Gasteiger partial charge in [-0.1, -0.05) is 36.4 Å². The molecule has 1 spiro atoms. The lowest BCUT2D eigenvalue weighted by molar-refractivity contribution is 0.169. The summed E-state index contributed by atoms with van der Waals surface area (Å²) >= 11 is 0. The lowest BCUT2D eigenvalue weighted by Gasteiger charge is -2.40. The molecule has 4 nitrogen and oxygen atoms in total. The molecule has 2 aromatic carbocycles. The van der Waals surface area contributed by atoms with Gasteiger partial charge in [-0.3, -0.25) is 0 Å². The predicted molar refractivity (Wildman–Crippen MR) is 134 cm³/mol. The molecular weight excluding hydrogens is 444 g/mol. The van der Waals surface area contributed by atoms with Crippen LogP contribution in [0.4, 0.5) is 14.8 Å². The molecule has 0 saturated carbocycles. The standard InChI is InChI=1S/C29H31F2N3O/c30-24-17-23(18-25(31)19-24)27-20-32-28(35-27)34-13-7-21(8-14-34)6-12-33-15-10-29(11-16-33)9-5-22-3-1-2-4-26(22)29/h1-5,9,17-21H,6-8,10-16H2. The Morgan fingerprint density at radius 3 is 2.49 bits per heavy atom. The van der Waals surface area contributed by atoms with E-state index in [1.54, 1.807) is 6.20 Å². The number of rotatable bonds is 5. The van der Waals surface area contributed by atoms with Crippen LogP contribution in [0.25, 0.3) is 17.4 Å². The fourth-order valence-electron chi connectivity index (χ4n) is 6.07. The van der Waals surface area contributed by atoms with Gasteiger partial charge in [-0.15, -0.1) is 0 Å². The van der Waals surface area contributed by atoms with Crippen molar-refractivity contribution in [3.63, 3.8) is 0 Å². The number of hydrogen-bond donors (Lipinski definition) is 0. The molecule has 6 heteroatoms. The van der Waals surface area contributed by atoms with Gasteiger partial charge in [-0.05, 0) is 80.9 Å². The van der Waals surface area contributed by atoms with Crippen molar-refractivity contribution >= 4 is 12.1 Å². The van der Waals surface area contributed by atoms with Gasteiger partial charge in [-0.2, -0.15) is 0 Å². The van der Waals surface area contributed by atoms with Crippen LogP contribution in [0.15, 0.2) is 59.2 Å². The number of aromatic nitrogens is 1. The molecule has 1 aromatic heterocycles. The van der Waals surface area contributed by atoms with E-state index in [1.807, 2.05) is 0 Å². The van der Waals surface area contributed by atoms with E-state index < -0.39 is 11.6 Å². The highest BCUT2D eigenvalue weighted by molar-refractivity contribution is 5.65. The number of hydrogen-bond acceptors (Lipinski definition) is 4. The Morgan fingerprint density at radius 2 is 1.71 bits per heavy atom. The monoisotopic (exact) mass is 475 g/mol.